The van der Waals surface area contributed by atoms with E-state index < -0.39 is 22.1 Å². The molecule has 0 heterocycles. The third kappa shape index (κ3) is 5.94. The van der Waals surface area contributed by atoms with Gasteiger partial charge in [0.25, 0.3) is 10.0 Å². The van der Waals surface area contributed by atoms with Crippen LogP contribution in [0.5, 0.6) is 0 Å². The number of hydrogen-bond acceptors (Lipinski definition) is 5. The summed E-state index contributed by atoms with van der Waals surface area (Å²) < 4.78 is 33.3. The molecule has 0 aliphatic heterocycles. The van der Waals surface area contributed by atoms with E-state index in [-0.39, 0.29) is 32.0 Å². The van der Waals surface area contributed by atoms with Crippen LogP contribution < -0.4 is 4.72 Å². The van der Waals surface area contributed by atoms with Gasteiger partial charge < -0.3 is 4.74 Å². The Hall–Kier alpha value is -3.65. The molecule has 182 valence electrons. The van der Waals surface area contributed by atoms with E-state index in [1.807, 2.05) is 0 Å². The van der Waals surface area contributed by atoms with Crippen molar-refractivity contribution in [2.45, 2.75) is 11.0 Å². The van der Waals surface area contributed by atoms with Crippen molar-refractivity contribution in [3.05, 3.63) is 130 Å². The number of halogens is 2. The van der Waals surface area contributed by atoms with E-state index in [9.17, 15) is 18.0 Å². The predicted octanol–water partition coefficient (Wildman–Crippen LogP) is 6.58. The van der Waals surface area contributed by atoms with Crippen LogP contribution in [0.25, 0.3) is 0 Å². The fourth-order valence-corrected chi connectivity index (χ4v) is 4.81. The first-order valence-electron chi connectivity index (χ1n) is 10.7. The summed E-state index contributed by atoms with van der Waals surface area (Å²) in [5.74, 6) is -1.09. The van der Waals surface area contributed by atoms with E-state index in [4.69, 9.17) is 27.9 Å². The second-order valence-corrected chi connectivity index (χ2v) is 10.2. The topological polar surface area (TPSA) is 89.5 Å². The van der Waals surface area contributed by atoms with Crippen molar-refractivity contribution in [2.75, 3.05) is 4.72 Å². The molecule has 0 saturated heterocycles. The molecule has 1 atom stereocenters. The fraction of sp³-hybridized carbons (Fsp3) is 0.0370. The molecule has 1 unspecified atom stereocenters. The van der Waals surface area contributed by atoms with Gasteiger partial charge in [-0.1, -0.05) is 83.9 Å². The number of Topliss-reactive ketones (excluding diaryl/α,β-unsaturated/α-hetero) is 1. The van der Waals surface area contributed by atoms with Crippen LogP contribution in [0.4, 0.5) is 5.69 Å². The molecule has 36 heavy (non-hydrogen) atoms. The van der Waals surface area contributed by atoms with Crippen molar-refractivity contribution in [3.63, 3.8) is 0 Å². The van der Waals surface area contributed by atoms with Crippen molar-refractivity contribution in [1.82, 2.24) is 0 Å². The molecule has 0 aromatic heterocycles. The van der Waals surface area contributed by atoms with Crippen LogP contribution in [-0.2, 0) is 14.8 Å². The Labute approximate surface area is 218 Å². The van der Waals surface area contributed by atoms with Crippen LogP contribution in [0.15, 0.2) is 108 Å². The van der Waals surface area contributed by atoms with Crippen LogP contribution in [0.3, 0.4) is 0 Å². The quantitative estimate of drug-likeness (QED) is 0.202. The lowest BCUT2D eigenvalue weighted by molar-refractivity contribution is 0.0280. The molecular formula is C27H19Cl2NO5S. The Kier molecular flexibility index (Phi) is 7.74. The van der Waals surface area contributed by atoms with Gasteiger partial charge in [0, 0.05) is 16.8 Å². The first kappa shape index (κ1) is 25.4. The van der Waals surface area contributed by atoms with Crippen LogP contribution >= 0.6 is 23.2 Å². The number of hydrogen-bond donors (Lipinski definition) is 1. The molecule has 4 rings (SSSR count). The van der Waals surface area contributed by atoms with Gasteiger partial charge in [-0.2, -0.15) is 0 Å². The van der Waals surface area contributed by atoms with E-state index in [1.54, 1.807) is 60.7 Å². The first-order chi connectivity index (χ1) is 17.2. The molecule has 0 aliphatic rings. The zero-order chi connectivity index (χ0) is 25.7. The molecule has 0 spiro atoms. The monoisotopic (exact) mass is 539 g/mol. The number of ether oxygens (including phenoxy) is 1. The van der Waals surface area contributed by atoms with Gasteiger partial charge in [0.1, 0.15) is 0 Å². The molecule has 6 nitrogen and oxygen atoms in total. The van der Waals surface area contributed by atoms with Gasteiger partial charge in [0.05, 0.1) is 20.5 Å². The van der Waals surface area contributed by atoms with E-state index in [0.717, 1.165) is 0 Å². The Morgan fingerprint density at radius 3 is 1.94 bits per heavy atom. The smallest absolute Gasteiger partial charge is 0.339 e. The van der Waals surface area contributed by atoms with Crippen LogP contribution in [0.1, 0.15) is 32.4 Å². The minimum atomic E-state index is -3.94. The molecule has 0 fully saturated rings. The van der Waals surface area contributed by atoms with Gasteiger partial charge in [-0.3, -0.25) is 9.52 Å². The molecule has 1 N–H and O–H groups in total. The summed E-state index contributed by atoms with van der Waals surface area (Å²) in [4.78, 5) is 26.0. The van der Waals surface area contributed by atoms with Crippen LogP contribution in [0, 0.1) is 0 Å². The maximum absolute atomic E-state index is 13.1. The summed E-state index contributed by atoms with van der Waals surface area (Å²) in [5, 5.41) is 0.341. The van der Waals surface area contributed by atoms with Crippen molar-refractivity contribution in [3.8, 4) is 0 Å². The summed E-state index contributed by atoms with van der Waals surface area (Å²) in [5.41, 5.74) is 1.31. The number of nitrogens with one attached hydrogen (secondary N) is 1. The van der Waals surface area contributed by atoms with Gasteiger partial charge in [-0.25, -0.2) is 13.2 Å². The molecule has 4 aromatic carbocycles. The number of sulfonamides is 1. The van der Waals surface area contributed by atoms with E-state index in [0.29, 0.717) is 11.1 Å². The minimum absolute atomic E-state index is 0.0643. The molecule has 9 heteroatoms. The lowest BCUT2D eigenvalue weighted by Crippen LogP contribution is -2.20. The van der Waals surface area contributed by atoms with Crippen LogP contribution in [0.2, 0.25) is 10.0 Å². The van der Waals surface area contributed by atoms with Gasteiger partial charge in [0.15, 0.2) is 6.10 Å². The van der Waals surface area contributed by atoms with Gasteiger partial charge >= 0.3 is 5.97 Å². The summed E-state index contributed by atoms with van der Waals surface area (Å²) in [6.07, 6.45) is -1.14. The van der Waals surface area contributed by atoms with Crippen LogP contribution in [-0.4, -0.2) is 20.2 Å². The molecule has 0 bridgehead atoms. The average Bonchev–Trinajstić information content (AvgIpc) is 2.89. The Morgan fingerprint density at radius 1 is 0.722 bits per heavy atom. The highest BCUT2D eigenvalue weighted by Gasteiger charge is 2.26. The molecule has 4 aromatic rings. The highest BCUT2D eigenvalue weighted by molar-refractivity contribution is 7.92. The molecule has 0 aliphatic carbocycles. The molecule has 0 radical (unpaired) electrons. The standard InChI is InChI=1S/C27H19Cl2NO5S/c28-23-16-15-22(17-24(23)29)36(33,34)30-21-13-11-20(12-14-21)27(32)35-26(19-9-5-2-6-10-19)25(31)18-7-3-1-4-8-18/h1-17,26,30H. The second-order valence-electron chi connectivity index (χ2n) is 7.69. The second kappa shape index (κ2) is 11.0. The Morgan fingerprint density at radius 2 is 1.33 bits per heavy atom. The third-order valence-corrected chi connectivity index (χ3v) is 7.32. The lowest BCUT2D eigenvalue weighted by atomic mass is 10.00. The number of anilines is 1. The number of carbonyl (C=O) groups is 2. The predicted molar refractivity (Wildman–Crippen MR) is 139 cm³/mol. The largest absolute Gasteiger partial charge is 0.445 e. The van der Waals surface area contributed by atoms with Crippen molar-refractivity contribution in [1.29, 1.82) is 0 Å². The first-order valence-corrected chi connectivity index (χ1v) is 12.9. The van der Waals surface area contributed by atoms with E-state index in [1.165, 1.54) is 42.5 Å². The number of esters is 1. The third-order valence-electron chi connectivity index (χ3n) is 5.20. The van der Waals surface area contributed by atoms with E-state index in [2.05, 4.69) is 4.72 Å². The highest BCUT2D eigenvalue weighted by atomic mass is 35.5. The lowest BCUT2D eigenvalue weighted by Gasteiger charge is -2.18. The number of rotatable bonds is 8. The fourth-order valence-electron chi connectivity index (χ4n) is 3.36. The SMILES string of the molecule is O=C(OC(C(=O)c1ccccc1)c1ccccc1)c1ccc(NS(=O)(=O)c2ccc(Cl)c(Cl)c2)cc1. The molecular weight excluding hydrogens is 521 g/mol. The maximum atomic E-state index is 13.1. The number of ketones is 1. The Balaban J connectivity index is 1.52. The zero-order valence-corrected chi connectivity index (χ0v) is 20.9. The number of benzene rings is 4. The Bertz CT molecular complexity index is 1490. The van der Waals surface area contributed by atoms with Crippen molar-refractivity contribution < 1.29 is 22.7 Å². The van der Waals surface area contributed by atoms with Gasteiger partial charge in [0.2, 0.25) is 5.78 Å². The molecule has 0 saturated carbocycles. The normalized spacial score (nSPS) is 11.9. The number of carbonyl (C=O) groups excluding carboxylic acids is 2. The van der Waals surface area contributed by atoms with Gasteiger partial charge in [-0.05, 0) is 42.5 Å². The van der Waals surface area contributed by atoms with Crippen molar-refractivity contribution >= 4 is 50.7 Å². The summed E-state index contributed by atoms with van der Waals surface area (Å²) in [6.45, 7) is 0. The van der Waals surface area contributed by atoms with E-state index >= 15 is 0 Å². The van der Waals surface area contributed by atoms with Crippen molar-refractivity contribution in [2.24, 2.45) is 0 Å². The van der Waals surface area contributed by atoms with Gasteiger partial charge in [-0.15, -0.1) is 0 Å². The minimum Gasteiger partial charge on any atom is -0.445 e. The molecule has 0 amide bonds. The summed E-state index contributed by atoms with van der Waals surface area (Å²) in [7, 11) is -3.94. The summed E-state index contributed by atoms with van der Waals surface area (Å²) in [6, 6.07) is 26.9. The average molecular weight is 540 g/mol. The highest BCUT2D eigenvalue weighted by Crippen LogP contribution is 2.27. The zero-order valence-electron chi connectivity index (χ0n) is 18.6. The maximum Gasteiger partial charge on any atom is 0.339 e. The summed E-state index contributed by atoms with van der Waals surface area (Å²) >= 11 is 11.8.